The molecule has 0 fully saturated rings. The van der Waals surface area contributed by atoms with Gasteiger partial charge in [0.2, 0.25) is 5.91 Å². The van der Waals surface area contributed by atoms with Crippen LogP contribution < -0.4 is 0 Å². The fraction of sp³-hybridized carbons (Fsp3) is 0.400. The number of rotatable bonds is 4. The van der Waals surface area contributed by atoms with E-state index in [9.17, 15) is 4.79 Å². The molecule has 0 radical (unpaired) electrons. The van der Waals surface area contributed by atoms with Gasteiger partial charge in [-0.2, -0.15) is 0 Å². The van der Waals surface area contributed by atoms with Crippen molar-refractivity contribution in [2.75, 3.05) is 13.6 Å². The van der Waals surface area contributed by atoms with Gasteiger partial charge in [0.05, 0.1) is 5.52 Å². The number of likely N-dealkylation sites (N-methyl/N-ethyl adjacent to an activating group) is 1. The molecule has 0 aliphatic heterocycles. The quantitative estimate of drug-likeness (QED) is 0.811. The van der Waals surface area contributed by atoms with Crippen molar-refractivity contribution in [2.24, 2.45) is 0 Å². The molecule has 0 aliphatic rings. The predicted molar refractivity (Wildman–Crippen MR) is 74.6 cm³/mol. The Morgan fingerprint density at radius 1 is 1.28 bits per heavy atom. The first-order valence-electron chi connectivity index (χ1n) is 6.48. The average molecular weight is 244 g/mol. The highest BCUT2D eigenvalue weighted by Crippen LogP contribution is 2.20. The Bertz CT molecular complexity index is 557. The van der Waals surface area contributed by atoms with Gasteiger partial charge in [-0.25, -0.2) is 0 Å². The van der Waals surface area contributed by atoms with Gasteiger partial charge in [-0.05, 0) is 30.4 Å². The number of fused-ring (bicyclic) bond motifs is 1. The first kappa shape index (κ1) is 12.7. The molecule has 0 aliphatic carbocycles. The summed E-state index contributed by atoms with van der Waals surface area (Å²) in [5, 5.41) is 1.21. The van der Waals surface area contributed by atoms with E-state index in [0.717, 1.165) is 13.0 Å². The van der Waals surface area contributed by atoms with Crippen molar-refractivity contribution in [3.05, 3.63) is 36.0 Å². The van der Waals surface area contributed by atoms with Crippen LogP contribution in [0.2, 0.25) is 0 Å². The SMILES string of the molecule is CCc1cccc2ccn(CC(=O)N(C)CC)c12. The van der Waals surface area contributed by atoms with Crippen molar-refractivity contribution >= 4 is 16.8 Å². The van der Waals surface area contributed by atoms with Crippen LogP contribution in [0.1, 0.15) is 19.4 Å². The number of hydrogen-bond acceptors (Lipinski definition) is 1. The minimum absolute atomic E-state index is 0.154. The van der Waals surface area contributed by atoms with Crippen LogP contribution in [0.25, 0.3) is 10.9 Å². The molecule has 1 aromatic carbocycles. The van der Waals surface area contributed by atoms with Gasteiger partial charge in [0.25, 0.3) is 0 Å². The maximum absolute atomic E-state index is 12.0. The maximum Gasteiger partial charge on any atom is 0.242 e. The van der Waals surface area contributed by atoms with E-state index in [1.54, 1.807) is 4.90 Å². The molecule has 18 heavy (non-hydrogen) atoms. The Morgan fingerprint density at radius 2 is 2.06 bits per heavy atom. The molecule has 0 N–H and O–H groups in total. The van der Waals surface area contributed by atoms with E-state index >= 15 is 0 Å². The number of carbonyl (C=O) groups is 1. The van der Waals surface area contributed by atoms with Crippen LogP contribution in [0.3, 0.4) is 0 Å². The summed E-state index contributed by atoms with van der Waals surface area (Å²) in [7, 11) is 1.84. The molecule has 3 nitrogen and oxygen atoms in total. The smallest absolute Gasteiger partial charge is 0.242 e. The van der Waals surface area contributed by atoms with Crippen LogP contribution >= 0.6 is 0 Å². The van der Waals surface area contributed by atoms with Crippen LogP contribution in [0, 0.1) is 0 Å². The number of carbonyl (C=O) groups excluding carboxylic acids is 1. The molecule has 2 aromatic rings. The number of amides is 1. The fourth-order valence-electron chi connectivity index (χ4n) is 2.20. The summed E-state index contributed by atoms with van der Waals surface area (Å²) in [5.41, 5.74) is 2.49. The summed E-state index contributed by atoms with van der Waals surface area (Å²) in [6.45, 7) is 5.30. The zero-order valence-corrected chi connectivity index (χ0v) is 11.3. The summed E-state index contributed by atoms with van der Waals surface area (Å²) >= 11 is 0. The van der Waals surface area contributed by atoms with Crippen molar-refractivity contribution < 1.29 is 4.79 Å². The largest absolute Gasteiger partial charge is 0.344 e. The van der Waals surface area contributed by atoms with Crippen LogP contribution in [-0.4, -0.2) is 29.0 Å². The Kier molecular flexibility index (Phi) is 3.70. The molecule has 96 valence electrons. The van der Waals surface area contributed by atoms with Gasteiger partial charge >= 0.3 is 0 Å². The zero-order chi connectivity index (χ0) is 13.1. The summed E-state index contributed by atoms with van der Waals surface area (Å²) in [6, 6.07) is 8.38. The Morgan fingerprint density at radius 3 is 2.72 bits per heavy atom. The number of hydrogen-bond donors (Lipinski definition) is 0. The molecular formula is C15H20N2O. The van der Waals surface area contributed by atoms with Crippen LogP contribution in [-0.2, 0) is 17.8 Å². The second-order valence-electron chi connectivity index (χ2n) is 4.56. The van der Waals surface area contributed by atoms with E-state index in [-0.39, 0.29) is 5.91 Å². The van der Waals surface area contributed by atoms with Crippen LogP contribution in [0.15, 0.2) is 30.5 Å². The lowest BCUT2D eigenvalue weighted by molar-refractivity contribution is -0.130. The fourth-order valence-corrected chi connectivity index (χ4v) is 2.20. The highest BCUT2D eigenvalue weighted by atomic mass is 16.2. The van der Waals surface area contributed by atoms with Crippen molar-refractivity contribution in [1.29, 1.82) is 0 Å². The molecule has 0 spiro atoms. The number of aromatic nitrogens is 1. The van der Waals surface area contributed by atoms with Gasteiger partial charge in [0.1, 0.15) is 6.54 Å². The Balaban J connectivity index is 2.37. The minimum atomic E-state index is 0.154. The third-order valence-electron chi connectivity index (χ3n) is 3.46. The maximum atomic E-state index is 12.0. The topological polar surface area (TPSA) is 25.2 Å². The standard InChI is InChI=1S/C15H20N2O/c1-4-12-7-6-8-13-9-10-17(15(12)13)11-14(18)16(3)5-2/h6-10H,4-5,11H2,1-3H3. The molecule has 0 saturated heterocycles. The van der Waals surface area contributed by atoms with Gasteiger partial charge in [-0.15, -0.1) is 0 Å². The third kappa shape index (κ3) is 2.26. The molecule has 2 rings (SSSR count). The minimum Gasteiger partial charge on any atom is -0.344 e. The van der Waals surface area contributed by atoms with Crippen molar-refractivity contribution in [2.45, 2.75) is 26.8 Å². The van der Waals surface area contributed by atoms with Gasteiger partial charge in [-0.3, -0.25) is 4.79 Å². The van der Waals surface area contributed by atoms with E-state index in [2.05, 4.69) is 35.8 Å². The average Bonchev–Trinajstić information content (AvgIpc) is 2.81. The van der Waals surface area contributed by atoms with Gasteiger partial charge in [0.15, 0.2) is 0 Å². The molecule has 1 aromatic heterocycles. The lowest BCUT2D eigenvalue weighted by atomic mass is 10.1. The van der Waals surface area contributed by atoms with Gasteiger partial charge in [-0.1, -0.05) is 25.1 Å². The summed E-state index contributed by atoms with van der Waals surface area (Å²) in [4.78, 5) is 13.7. The summed E-state index contributed by atoms with van der Waals surface area (Å²) in [5.74, 6) is 0.154. The molecule has 3 heteroatoms. The number of nitrogens with zero attached hydrogens (tertiary/aromatic N) is 2. The van der Waals surface area contributed by atoms with Crippen molar-refractivity contribution in [1.82, 2.24) is 9.47 Å². The number of para-hydroxylation sites is 1. The molecular weight excluding hydrogens is 224 g/mol. The number of aryl methyl sites for hydroxylation is 1. The van der Waals surface area contributed by atoms with Crippen molar-refractivity contribution in [3.8, 4) is 0 Å². The summed E-state index contributed by atoms with van der Waals surface area (Å²) in [6.07, 6.45) is 2.99. The van der Waals surface area contributed by atoms with Crippen LogP contribution in [0.4, 0.5) is 0 Å². The molecule has 1 amide bonds. The van der Waals surface area contributed by atoms with E-state index in [1.165, 1.54) is 16.5 Å². The predicted octanol–water partition coefficient (Wildman–Crippen LogP) is 2.68. The monoisotopic (exact) mass is 244 g/mol. The zero-order valence-electron chi connectivity index (χ0n) is 11.3. The first-order valence-corrected chi connectivity index (χ1v) is 6.48. The van der Waals surface area contributed by atoms with Crippen LogP contribution in [0.5, 0.6) is 0 Å². The molecule has 0 bridgehead atoms. The van der Waals surface area contributed by atoms with Gasteiger partial charge < -0.3 is 9.47 Å². The lowest BCUT2D eigenvalue weighted by Crippen LogP contribution is -2.29. The van der Waals surface area contributed by atoms with E-state index in [1.807, 2.05) is 20.2 Å². The third-order valence-corrected chi connectivity index (χ3v) is 3.46. The highest BCUT2D eigenvalue weighted by Gasteiger charge is 2.11. The Labute approximate surface area is 108 Å². The lowest BCUT2D eigenvalue weighted by Gasteiger charge is -2.16. The first-order chi connectivity index (χ1) is 8.67. The highest BCUT2D eigenvalue weighted by molar-refractivity contribution is 5.85. The second kappa shape index (κ2) is 5.25. The molecule has 0 unspecified atom stereocenters. The Hall–Kier alpha value is -1.77. The normalized spacial score (nSPS) is 10.8. The van der Waals surface area contributed by atoms with Crippen molar-refractivity contribution in [3.63, 3.8) is 0 Å². The van der Waals surface area contributed by atoms with E-state index in [4.69, 9.17) is 0 Å². The van der Waals surface area contributed by atoms with E-state index < -0.39 is 0 Å². The molecule has 1 heterocycles. The second-order valence-corrected chi connectivity index (χ2v) is 4.56. The van der Waals surface area contributed by atoms with Gasteiger partial charge in [0, 0.05) is 19.8 Å². The molecule has 0 saturated carbocycles. The molecule has 0 atom stereocenters. The summed E-state index contributed by atoms with van der Waals surface area (Å²) < 4.78 is 2.06. The number of benzene rings is 1. The van der Waals surface area contributed by atoms with E-state index in [0.29, 0.717) is 6.54 Å².